The average Bonchev–Trinajstić information content (AvgIpc) is 2.40. The van der Waals surface area contributed by atoms with E-state index in [1.54, 1.807) is 6.20 Å². The van der Waals surface area contributed by atoms with Gasteiger partial charge < -0.3 is 5.32 Å². The number of hydrogen-bond acceptors (Lipinski definition) is 2. The van der Waals surface area contributed by atoms with Crippen LogP contribution < -0.4 is 5.32 Å². The van der Waals surface area contributed by atoms with Crippen molar-refractivity contribution in [1.29, 1.82) is 0 Å². The molecule has 0 aliphatic carbocycles. The molecule has 1 amide bonds. The maximum absolute atomic E-state index is 11.8. The summed E-state index contributed by atoms with van der Waals surface area (Å²) in [5, 5.41) is 2.91. The normalized spacial score (nSPS) is 10.1. The van der Waals surface area contributed by atoms with E-state index in [4.69, 9.17) is 0 Å². The largest absolute Gasteiger partial charge is 0.326 e. The van der Waals surface area contributed by atoms with Crippen molar-refractivity contribution in [2.75, 3.05) is 5.32 Å². The fourth-order valence-electron chi connectivity index (χ4n) is 1.71. The summed E-state index contributed by atoms with van der Waals surface area (Å²) < 4.78 is 0. The number of aromatic nitrogens is 1. The van der Waals surface area contributed by atoms with Crippen LogP contribution in [0.5, 0.6) is 0 Å². The van der Waals surface area contributed by atoms with E-state index in [1.807, 2.05) is 49.4 Å². The molecule has 0 bridgehead atoms. The minimum Gasteiger partial charge on any atom is -0.326 e. The van der Waals surface area contributed by atoms with Gasteiger partial charge >= 0.3 is 0 Å². The summed E-state index contributed by atoms with van der Waals surface area (Å²) in [5.74, 6) is 0.0231. The number of benzene rings is 1. The second kappa shape index (κ2) is 5.96. The third-order valence-corrected chi connectivity index (χ3v) is 2.75. The smallest absolute Gasteiger partial charge is 0.224 e. The summed E-state index contributed by atoms with van der Waals surface area (Å²) >= 11 is 0. The highest BCUT2D eigenvalue weighted by molar-refractivity contribution is 5.91. The van der Waals surface area contributed by atoms with E-state index in [9.17, 15) is 4.79 Å². The van der Waals surface area contributed by atoms with Crippen LogP contribution in [0.1, 0.15) is 17.7 Å². The third kappa shape index (κ3) is 3.42. The van der Waals surface area contributed by atoms with Crippen LogP contribution in [0.2, 0.25) is 0 Å². The maximum Gasteiger partial charge on any atom is 0.224 e. The van der Waals surface area contributed by atoms with Gasteiger partial charge in [0.15, 0.2) is 0 Å². The Bertz CT molecular complexity index is 523. The summed E-state index contributed by atoms with van der Waals surface area (Å²) in [6.07, 6.45) is 2.86. The Balaban J connectivity index is 1.88. The Kier molecular flexibility index (Phi) is 4.07. The molecule has 0 fully saturated rings. The maximum atomic E-state index is 11.8. The zero-order chi connectivity index (χ0) is 12.8. The lowest BCUT2D eigenvalue weighted by Gasteiger charge is -2.07. The number of carbonyl (C=O) groups is 1. The molecule has 1 heterocycles. The van der Waals surface area contributed by atoms with E-state index in [0.717, 1.165) is 16.9 Å². The Labute approximate surface area is 107 Å². The van der Waals surface area contributed by atoms with Gasteiger partial charge in [0.2, 0.25) is 5.91 Å². The van der Waals surface area contributed by atoms with Gasteiger partial charge in [0, 0.05) is 24.0 Å². The monoisotopic (exact) mass is 240 g/mol. The van der Waals surface area contributed by atoms with E-state index < -0.39 is 0 Å². The first-order valence-corrected chi connectivity index (χ1v) is 6.01. The fourth-order valence-corrected chi connectivity index (χ4v) is 1.71. The number of rotatable bonds is 4. The Morgan fingerprint density at radius 3 is 2.67 bits per heavy atom. The number of pyridine rings is 1. The minimum atomic E-state index is 0.0231. The first-order valence-electron chi connectivity index (χ1n) is 6.01. The van der Waals surface area contributed by atoms with Crippen LogP contribution >= 0.6 is 0 Å². The third-order valence-electron chi connectivity index (χ3n) is 2.75. The van der Waals surface area contributed by atoms with Crippen LogP contribution in [-0.2, 0) is 11.2 Å². The van der Waals surface area contributed by atoms with Crippen molar-refractivity contribution in [2.24, 2.45) is 0 Å². The molecule has 1 aromatic heterocycles. The van der Waals surface area contributed by atoms with Crippen LogP contribution in [-0.4, -0.2) is 10.9 Å². The standard InChI is InChI=1S/C15H16N2O/c1-12-6-2-3-8-14(12)17-15(18)10-9-13-7-4-5-11-16-13/h2-8,11H,9-10H2,1H3,(H,17,18). The van der Waals surface area contributed by atoms with Crippen molar-refractivity contribution >= 4 is 11.6 Å². The minimum absolute atomic E-state index is 0.0231. The van der Waals surface area contributed by atoms with Gasteiger partial charge in [-0.15, -0.1) is 0 Å². The van der Waals surface area contributed by atoms with Crippen molar-refractivity contribution in [2.45, 2.75) is 19.8 Å². The molecule has 0 unspecified atom stereocenters. The quantitative estimate of drug-likeness (QED) is 0.892. The van der Waals surface area contributed by atoms with Gasteiger partial charge in [-0.05, 0) is 37.1 Å². The summed E-state index contributed by atoms with van der Waals surface area (Å²) in [7, 11) is 0. The molecule has 1 aromatic carbocycles. The lowest BCUT2D eigenvalue weighted by atomic mass is 10.2. The molecular weight excluding hydrogens is 224 g/mol. The van der Waals surface area contributed by atoms with Gasteiger partial charge in [0.25, 0.3) is 0 Å². The Hall–Kier alpha value is -2.16. The highest BCUT2D eigenvalue weighted by Crippen LogP contribution is 2.13. The first-order chi connectivity index (χ1) is 8.75. The predicted molar refractivity (Wildman–Crippen MR) is 72.4 cm³/mol. The highest BCUT2D eigenvalue weighted by Gasteiger charge is 2.04. The number of anilines is 1. The van der Waals surface area contributed by atoms with E-state index in [-0.39, 0.29) is 5.91 Å². The number of carbonyl (C=O) groups excluding carboxylic acids is 1. The number of hydrogen-bond donors (Lipinski definition) is 1. The van der Waals surface area contributed by atoms with Gasteiger partial charge in [-0.1, -0.05) is 24.3 Å². The first kappa shape index (κ1) is 12.3. The van der Waals surface area contributed by atoms with Gasteiger partial charge in [0.1, 0.15) is 0 Å². The zero-order valence-electron chi connectivity index (χ0n) is 10.4. The van der Waals surface area contributed by atoms with E-state index in [2.05, 4.69) is 10.3 Å². The molecule has 18 heavy (non-hydrogen) atoms. The molecule has 2 rings (SSSR count). The molecule has 0 spiro atoms. The number of para-hydroxylation sites is 1. The zero-order valence-corrected chi connectivity index (χ0v) is 10.4. The number of nitrogens with one attached hydrogen (secondary N) is 1. The molecule has 1 N–H and O–H groups in total. The summed E-state index contributed by atoms with van der Waals surface area (Å²) in [4.78, 5) is 16.0. The molecular formula is C15H16N2O. The van der Waals surface area contributed by atoms with E-state index in [1.165, 1.54) is 0 Å². The number of nitrogens with zero attached hydrogens (tertiary/aromatic N) is 1. The van der Waals surface area contributed by atoms with Crippen LogP contribution in [0, 0.1) is 6.92 Å². The molecule has 92 valence electrons. The lowest BCUT2D eigenvalue weighted by Crippen LogP contribution is -2.13. The molecule has 0 atom stereocenters. The van der Waals surface area contributed by atoms with Crippen LogP contribution in [0.3, 0.4) is 0 Å². The molecule has 3 heteroatoms. The van der Waals surface area contributed by atoms with Gasteiger partial charge in [0.05, 0.1) is 0 Å². The van der Waals surface area contributed by atoms with Gasteiger partial charge in [-0.2, -0.15) is 0 Å². The van der Waals surface area contributed by atoms with Crippen molar-refractivity contribution in [3.05, 3.63) is 59.9 Å². The second-order valence-electron chi connectivity index (χ2n) is 4.18. The summed E-state index contributed by atoms with van der Waals surface area (Å²) in [5.41, 5.74) is 2.89. The molecule has 2 aromatic rings. The van der Waals surface area contributed by atoms with E-state index >= 15 is 0 Å². The second-order valence-corrected chi connectivity index (χ2v) is 4.18. The van der Waals surface area contributed by atoms with Crippen molar-refractivity contribution in [3.63, 3.8) is 0 Å². The Morgan fingerprint density at radius 1 is 1.17 bits per heavy atom. The molecule has 0 aliphatic rings. The predicted octanol–water partition coefficient (Wildman–Crippen LogP) is 2.96. The van der Waals surface area contributed by atoms with Gasteiger partial charge in [-0.25, -0.2) is 0 Å². The molecule has 0 saturated heterocycles. The number of amides is 1. The summed E-state index contributed by atoms with van der Waals surface area (Å²) in [6, 6.07) is 13.5. The van der Waals surface area contributed by atoms with Crippen molar-refractivity contribution in [3.8, 4) is 0 Å². The SMILES string of the molecule is Cc1ccccc1NC(=O)CCc1ccccn1. The van der Waals surface area contributed by atoms with Crippen LogP contribution in [0.4, 0.5) is 5.69 Å². The van der Waals surface area contributed by atoms with Gasteiger partial charge in [-0.3, -0.25) is 9.78 Å². The molecule has 3 nitrogen and oxygen atoms in total. The van der Waals surface area contributed by atoms with Crippen LogP contribution in [0.15, 0.2) is 48.7 Å². The number of aryl methyl sites for hydroxylation is 2. The molecule has 0 saturated carbocycles. The molecule has 0 aliphatic heterocycles. The summed E-state index contributed by atoms with van der Waals surface area (Å²) in [6.45, 7) is 1.98. The highest BCUT2D eigenvalue weighted by atomic mass is 16.1. The van der Waals surface area contributed by atoms with E-state index in [0.29, 0.717) is 12.8 Å². The Morgan fingerprint density at radius 2 is 1.94 bits per heavy atom. The van der Waals surface area contributed by atoms with Crippen LogP contribution in [0.25, 0.3) is 0 Å². The average molecular weight is 240 g/mol. The topological polar surface area (TPSA) is 42.0 Å². The molecule has 0 radical (unpaired) electrons. The van der Waals surface area contributed by atoms with Crippen molar-refractivity contribution < 1.29 is 4.79 Å². The lowest BCUT2D eigenvalue weighted by molar-refractivity contribution is -0.116. The van der Waals surface area contributed by atoms with Crippen molar-refractivity contribution in [1.82, 2.24) is 4.98 Å². The fraction of sp³-hybridized carbons (Fsp3) is 0.200.